The largest absolute Gasteiger partial charge is 0.496 e. The van der Waals surface area contributed by atoms with E-state index in [9.17, 15) is 14.7 Å². The van der Waals surface area contributed by atoms with Crippen LogP contribution in [0.3, 0.4) is 0 Å². The predicted octanol–water partition coefficient (Wildman–Crippen LogP) is 4.82. The highest BCUT2D eigenvalue weighted by atomic mass is 16.5. The summed E-state index contributed by atoms with van der Waals surface area (Å²) in [6, 6.07) is 21.0. The Labute approximate surface area is 231 Å². The van der Waals surface area contributed by atoms with Crippen molar-refractivity contribution in [3.63, 3.8) is 0 Å². The summed E-state index contributed by atoms with van der Waals surface area (Å²) in [5.74, 6) is -0.164. The molecule has 2 N–H and O–H groups in total. The molecule has 5 aromatic rings. The quantitative estimate of drug-likeness (QED) is 0.323. The Bertz CT molecular complexity index is 1770. The highest BCUT2D eigenvalue weighted by Crippen LogP contribution is 2.40. The van der Waals surface area contributed by atoms with Crippen molar-refractivity contribution < 1.29 is 19.4 Å². The molecule has 0 saturated heterocycles. The Morgan fingerprint density at radius 3 is 2.55 bits per heavy atom. The number of carboxylic acid groups (broad SMARTS) is 1. The third-order valence-electron chi connectivity index (χ3n) is 7.74. The van der Waals surface area contributed by atoms with Crippen molar-refractivity contribution in [2.75, 3.05) is 7.11 Å². The van der Waals surface area contributed by atoms with Crippen LogP contribution in [0.25, 0.3) is 16.6 Å². The molecule has 0 bridgehead atoms. The first kappa shape index (κ1) is 25.4. The van der Waals surface area contributed by atoms with Crippen molar-refractivity contribution in [1.29, 1.82) is 0 Å². The third-order valence-corrected chi connectivity index (χ3v) is 7.74. The first-order valence-electron chi connectivity index (χ1n) is 13.1. The van der Waals surface area contributed by atoms with E-state index in [0.717, 1.165) is 33.4 Å². The van der Waals surface area contributed by atoms with Crippen molar-refractivity contribution in [2.24, 2.45) is 0 Å². The number of fused-ring (bicyclic) bond motifs is 3. The predicted molar refractivity (Wildman–Crippen MR) is 150 cm³/mol. The zero-order valence-corrected chi connectivity index (χ0v) is 22.5. The van der Waals surface area contributed by atoms with Crippen LogP contribution in [0.5, 0.6) is 5.75 Å². The first-order chi connectivity index (χ1) is 19.3. The van der Waals surface area contributed by atoms with Crippen molar-refractivity contribution in [2.45, 2.75) is 38.8 Å². The van der Waals surface area contributed by atoms with Gasteiger partial charge in [0.25, 0.3) is 5.91 Å². The molecule has 2 aromatic heterocycles. The molecule has 9 nitrogen and oxygen atoms in total. The van der Waals surface area contributed by atoms with Gasteiger partial charge in [-0.2, -0.15) is 5.10 Å². The van der Waals surface area contributed by atoms with Gasteiger partial charge >= 0.3 is 5.97 Å². The number of aryl methyl sites for hydroxylation is 2. The number of methoxy groups -OCH3 is 1. The van der Waals surface area contributed by atoms with Gasteiger partial charge in [-0.1, -0.05) is 42.0 Å². The highest BCUT2D eigenvalue weighted by Gasteiger charge is 2.41. The van der Waals surface area contributed by atoms with E-state index in [-0.39, 0.29) is 5.91 Å². The average Bonchev–Trinajstić information content (AvgIpc) is 3.53. The van der Waals surface area contributed by atoms with Gasteiger partial charge in [0.1, 0.15) is 17.9 Å². The zero-order chi connectivity index (χ0) is 28.0. The summed E-state index contributed by atoms with van der Waals surface area (Å²) < 4.78 is 9.31. The van der Waals surface area contributed by atoms with E-state index < -0.39 is 11.5 Å². The SMILES string of the molecule is COc1cc(-n2cnc(C)n2)ccc1C(=O)N[C@]1(c2ccccc2)CCc2c(C(=O)O)c3cc(C)ccc3n2C1. The van der Waals surface area contributed by atoms with Gasteiger partial charge < -0.3 is 19.7 Å². The number of nitrogens with zero attached hydrogens (tertiary/aromatic N) is 4. The molecule has 3 aromatic carbocycles. The number of aromatic carboxylic acids is 1. The minimum atomic E-state index is -0.937. The fourth-order valence-electron chi connectivity index (χ4n) is 5.81. The molecule has 3 heterocycles. The summed E-state index contributed by atoms with van der Waals surface area (Å²) in [6.45, 7) is 4.16. The minimum absolute atomic E-state index is 0.281. The van der Waals surface area contributed by atoms with Gasteiger partial charge in [0, 0.05) is 22.7 Å². The lowest BCUT2D eigenvalue weighted by molar-refractivity contribution is 0.0693. The van der Waals surface area contributed by atoms with E-state index in [4.69, 9.17) is 4.74 Å². The Balaban J connectivity index is 1.43. The number of benzene rings is 3. The number of rotatable bonds is 6. The molecule has 202 valence electrons. The molecular weight excluding hydrogens is 506 g/mol. The number of aromatic nitrogens is 4. The molecule has 0 spiro atoms. The zero-order valence-electron chi connectivity index (χ0n) is 22.5. The minimum Gasteiger partial charge on any atom is -0.496 e. The van der Waals surface area contributed by atoms with E-state index in [1.54, 1.807) is 29.2 Å². The number of nitrogens with one attached hydrogen (secondary N) is 1. The molecule has 0 aliphatic carbocycles. The molecule has 40 heavy (non-hydrogen) atoms. The number of hydrogen-bond donors (Lipinski definition) is 2. The fraction of sp³-hybridized carbons (Fsp3) is 0.226. The maximum absolute atomic E-state index is 13.9. The second-order valence-corrected chi connectivity index (χ2v) is 10.3. The van der Waals surface area contributed by atoms with Crippen LogP contribution < -0.4 is 10.1 Å². The first-order valence-corrected chi connectivity index (χ1v) is 13.1. The van der Waals surface area contributed by atoms with Gasteiger partial charge in [-0.25, -0.2) is 14.5 Å². The normalized spacial score (nSPS) is 16.5. The van der Waals surface area contributed by atoms with Gasteiger partial charge in [-0.05, 0) is 56.5 Å². The van der Waals surface area contributed by atoms with Gasteiger partial charge in [0.15, 0.2) is 0 Å². The van der Waals surface area contributed by atoms with E-state index >= 15 is 0 Å². The average molecular weight is 536 g/mol. The summed E-state index contributed by atoms with van der Waals surface area (Å²) in [4.78, 5) is 30.5. The summed E-state index contributed by atoms with van der Waals surface area (Å²) >= 11 is 0. The Hall–Kier alpha value is -4.92. The van der Waals surface area contributed by atoms with Gasteiger partial charge in [0.2, 0.25) is 0 Å². The summed E-state index contributed by atoms with van der Waals surface area (Å²) in [6.07, 6.45) is 2.64. The maximum Gasteiger partial charge on any atom is 0.338 e. The van der Waals surface area contributed by atoms with Crippen molar-refractivity contribution >= 4 is 22.8 Å². The number of carboxylic acids is 1. The number of carbonyl (C=O) groups excluding carboxylic acids is 1. The van der Waals surface area contributed by atoms with Crippen molar-refractivity contribution in [3.05, 3.63) is 107 Å². The molecule has 0 fully saturated rings. The van der Waals surface area contributed by atoms with Gasteiger partial charge in [0.05, 0.1) is 36.0 Å². The Morgan fingerprint density at radius 1 is 1.05 bits per heavy atom. The standard InChI is InChI=1S/C31H29N5O4/c1-19-9-12-25-24(15-19)28(30(38)39)26-13-14-31(17-35(25)26,21-7-5-4-6-8-21)33-29(37)23-11-10-22(16-27(23)40-3)36-18-32-20(2)34-36/h4-12,15-16,18H,13-14,17H2,1-3H3,(H,33,37)(H,38,39)/t31-/m1/s1. The molecule has 9 heteroatoms. The molecule has 1 atom stereocenters. The van der Waals surface area contributed by atoms with Crippen LogP contribution in [0.2, 0.25) is 0 Å². The van der Waals surface area contributed by atoms with Crippen LogP contribution in [-0.2, 0) is 18.5 Å². The smallest absolute Gasteiger partial charge is 0.338 e. The van der Waals surface area contributed by atoms with E-state index in [2.05, 4.69) is 20.0 Å². The summed E-state index contributed by atoms with van der Waals surface area (Å²) in [7, 11) is 1.53. The van der Waals surface area contributed by atoms with Crippen LogP contribution in [0.4, 0.5) is 0 Å². The lowest BCUT2D eigenvalue weighted by atomic mass is 9.81. The van der Waals surface area contributed by atoms with Crippen LogP contribution >= 0.6 is 0 Å². The molecule has 1 aliphatic heterocycles. The van der Waals surface area contributed by atoms with Crippen LogP contribution in [0, 0.1) is 13.8 Å². The molecular formula is C31H29N5O4. The van der Waals surface area contributed by atoms with Crippen LogP contribution in [0.1, 0.15) is 49.8 Å². The van der Waals surface area contributed by atoms with E-state index in [1.807, 2.05) is 62.4 Å². The second kappa shape index (κ2) is 9.68. The molecule has 1 amide bonds. The van der Waals surface area contributed by atoms with E-state index in [0.29, 0.717) is 42.1 Å². The lowest BCUT2D eigenvalue weighted by Gasteiger charge is -2.40. The topological polar surface area (TPSA) is 111 Å². The number of hydrogen-bond acceptors (Lipinski definition) is 5. The Morgan fingerprint density at radius 2 is 1.85 bits per heavy atom. The number of ether oxygens (including phenoxy) is 1. The maximum atomic E-state index is 13.9. The number of carbonyl (C=O) groups is 2. The van der Waals surface area contributed by atoms with Crippen LogP contribution in [-0.4, -0.2) is 43.4 Å². The van der Waals surface area contributed by atoms with Gasteiger partial charge in [-0.3, -0.25) is 4.79 Å². The fourth-order valence-corrected chi connectivity index (χ4v) is 5.81. The summed E-state index contributed by atoms with van der Waals surface area (Å²) in [5, 5.41) is 18.5. The second-order valence-electron chi connectivity index (χ2n) is 10.3. The monoisotopic (exact) mass is 535 g/mol. The van der Waals surface area contributed by atoms with Crippen molar-refractivity contribution in [1.82, 2.24) is 24.6 Å². The molecule has 6 rings (SSSR count). The molecule has 1 aliphatic rings. The van der Waals surface area contributed by atoms with Gasteiger partial charge in [-0.15, -0.1) is 0 Å². The molecule has 0 radical (unpaired) electrons. The Kier molecular flexibility index (Phi) is 6.14. The highest BCUT2D eigenvalue weighted by molar-refractivity contribution is 6.05. The van der Waals surface area contributed by atoms with Crippen molar-refractivity contribution in [3.8, 4) is 11.4 Å². The number of amides is 1. The van der Waals surface area contributed by atoms with Crippen LogP contribution in [0.15, 0.2) is 73.1 Å². The summed E-state index contributed by atoms with van der Waals surface area (Å²) in [5.41, 5.74) is 4.26. The third kappa shape index (κ3) is 4.20. The lowest BCUT2D eigenvalue weighted by Crippen LogP contribution is -2.51. The van der Waals surface area contributed by atoms with E-state index in [1.165, 1.54) is 7.11 Å². The molecule has 0 unspecified atom stereocenters. The molecule has 0 saturated carbocycles.